The number of carbonyl (C=O) groups excluding carboxylic acids is 2. The highest BCUT2D eigenvalue weighted by Crippen LogP contribution is 2.37. The average molecular weight is 466 g/mol. The molecule has 4 heterocycles. The third kappa shape index (κ3) is 4.21. The first-order valence-corrected chi connectivity index (χ1v) is 12.3. The zero-order chi connectivity index (χ0) is 23.8. The number of likely N-dealkylation sites (tertiary alicyclic amines) is 2. The molecule has 2 fully saturated rings. The first-order valence-electron chi connectivity index (χ1n) is 12.3. The van der Waals surface area contributed by atoms with Crippen molar-refractivity contribution in [1.82, 2.24) is 24.6 Å². The molecule has 1 aromatic carbocycles. The Labute approximate surface area is 198 Å². The van der Waals surface area contributed by atoms with Gasteiger partial charge in [-0.05, 0) is 48.4 Å². The van der Waals surface area contributed by atoms with Crippen LogP contribution < -0.4 is 0 Å². The van der Waals surface area contributed by atoms with E-state index in [1.165, 1.54) is 0 Å². The number of aryl methyl sites for hydroxylation is 1. The SMILES string of the molecule is CC(C)c1cc([C@H]2CCCN(C(=O)CCn3cccn3)C2)c(F)c2[nH]c(C(=O)N3CCC3)cc12. The summed E-state index contributed by atoms with van der Waals surface area (Å²) in [5.41, 5.74) is 2.54. The number of aromatic amines is 1. The van der Waals surface area contributed by atoms with E-state index in [0.29, 0.717) is 42.8 Å². The van der Waals surface area contributed by atoms with E-state index >= 15 is 4.39 Å². The molecule has 2 saturated heterocycles. The minimum atomic E-state index is -0.294. The van der Waals surface area contributed by atoms with Gasteiger partial charge in [0.05, 0.1) is 5.52 Å². The van der Waals surface area contributed by atoms with Crippen LogP contribution in [0.25, 0.3) is 10.9 Å². The van der Waals surface area contributed by atoms with Crippen LogP contribution in [0.15, 0.2) is 30.6 Å². The number of carbonyl (C=O) groups is 2. The lowest BCUT2D eigenvalue weighted by atomic mass is 9.86. The van der Waals surface area contributed by atoms with Crippen LogP contribution in [0.5, 0.6) is 0 Å². The molecule has 5 rings (SSSR count). The zero-order valence-electron chi connectivity index (χ0n) is 19.9. The van der Waals surface area contributed by atoms with E-state index in [0.717, 1.165) is 43.3 Å². The molecule has 2 aliphatic rings. The maximum Gasteiger partial charge on any atom is 0.270 e. The largest absolute Gasteiger partial charge is 0.348 e. The van der Waals surface area contributed by atoms with E-state index in [4.69, 9.17) is 0 Å². The second-order valence-electron chi connectivity index (χ2n) is 9.84. The first-order chi connectivity index (χ1) is 16.4. The van der Waals surface area contributed by atoms with Gasteiger partial charge in [-0.1, -0.05) is 19.9 Å². The molecule has 2 aliphatic heterocycles. The van der Waals surface area contributed by atoms with Crippen molar-refractivity contribution in [1.29, 1.82) is 0 Å². The Morgan fingerprint density at radius 2 is 1.97 bits per heavy atom. The van der Waals surface area contributed by atoms with Crippen LogP contribution in [0.2, 0.25) is 0 Å². The molecule has 180 valence electrons. The summed E-state index contributed by atoms with van der Waals surface area (Å²) in [6, 6.07) is 5.62. The Balaban J connectivity index is 1.41. The van der Waals surface area contributed by atoms with E-state index < -0.39 is 0 Å². The second kappa shape index (κ2) is 9.24. The molecule has 0 bridgehead atoms. The van der Waals surface area contributed by atoms with Crippen LogP contribution in [-0.2, 0) is 11.3 Å². The van der Waals surface area contributed by atoms with Gasteiger partial charge in [0.1, 0.15) is 5.69 Å². The van der Waals surface area contributed by atoms with Crippen molar-refractivity contribution in [2.75, 3.05) is 26.2 Å². The molecule has 0 unspecified atom stereocenters. The second-order valence-corrected chi connectivity index (χ2v) is 9.84. The van der Waals surface area contributed by atoms with Gasteiger partial charge in [-0.3, -0.25) is 14.3 Å². The number of piperidine rings is 1. The Morgan fingerprint density at radius 1 is 1.18 bits per heavy atom. The molecule has 1 atom stereocenters. The van der Waals surface area contributed by atoms with Crippen LogP contribution in [-0.4, -0.2) is 62.6 Å². The maximum atomic E-state index is 15.9. The molecule has 0 saturated carbocycles. The minimum Gasteiger partial charge on any atom is -0.348 e. The molecule has 0 radical (unpaired) electrons. The van der Waals surface area contributed by atoms with Gasteiger partial charge in [-0.15, -0.1) is 0 Å². The van der Waals surface area contributed by atoms with Crippen molar-refractivity contribution in [3.05, 3.63) is 53.2 Å². The topological polar surface area (TPSA) is 74.2 Å². The number of fused-ring (bicyclic) bond motifs is 1. The van der Waals surface area contributed by atoms with E-state index in [2.05, 4.69) is 23.9 Å². The lowest BCUT2D eigenvalue weighted by molar-refractivity contribution is -0.132. The van der Waals surface area contributed by atoms with Gasteiger partial charge in [-0.2, -0.15) is 5.10 Å². The number of nitrogens with one attached hydrogen (secondary N) is 1. The van der Waals surface area contributed by atoms with Crippen molar-refractivity contribution in [3.8, 4) is 0 Å². The Morgan fingerprint density at radius 3 is 2.65 bits per heavy atom. The van der Waals surface area contributed by atoms with Crippen molar-refractivity contribution < 1.29 is 14.0 Å². The fraction of sp³-hybridized carbons (Fsp3) is 0.500. The molecular formula is C26H32FN5O2. The highest BCUT2D eigenvalue weighted by molar-refractivity contribution is 5.99. The van der Waals surface area contributed by atoms with Gasteiger partial charge >= 0.3 is 0 Å². The van der Waals surface area contributed by atoms with Gasteiger partial charge in [0, 0.05) is 62.8 Å². The molecule has 34 heavy (non-hydrogen) atoms. The van der Waals surface area contributed by atoms with Gasteiger partial charge in [0.25, 0.3) is 5.91 Å². The average Bonchev–Trinajstić information content (AvgIpc) is 3.47. The normalized spacial score (nSPS) is 18.5. The summed E-state index contributed by atoms with van der Waals surface area (Å²) in [5, 5.41) is 4.94. The summed E-state index contributed by atoms with van der Waals surface area (Å²) in [5.74, 6) is -0.169. The number of nitrogens with zero attached hydrogens (tertiary/aromatic N) is 4. The van der Waals surface area contributed by atoms with Crippen LogP contribution >= 0.6 is 0 Å². The molecule has 0 aliphatic carbocycles. The van der Waals surface area contributed by atoms with Crippen LogP contribution in [0.4, 0.5) is 4.39 Å². The molecule has 2 amide bonds. The predicted molar refractivity (Wildman–Crippen MR) is 128 cm³/mol. The van der Waals surface area contributed by atoms with Crippen LogP contribution in [0, 0.1) is 5.82 Å². The van der Waals surface area contributed by atoms with Gasteiger partial charge in [0.2, 0.25) is 5.91 Å². The molecular weight excluding hydrogens is 433 g/mol. The lowest BCUT2D eigenvalue weighted by Crippen LogP contribution is -2.42. The fourth-order valence-corrected chi connectivity index (χ4v) is 5.15. The number of hydrogen-bond acceptors (Lipinski definition) is 3. The third-order valence-corrected chi connectivity index (χ3v) is 7.24. The monoisotopic (exact) mass is 465 g/mol. The zero-order valence-corrected chi connectivity index (χ0v) is 19.9. The number of amides is 2. The van der Waals surface area contributed by atoms with E-state index in [-0.39, 0.29) is 29.5 Å². The summed E-state index contributed by atoms with van der Waals surface area (Å²) < 4.78 is 17.6. The number of halogens is 1. The Hall–Kier alpha value is -3.16. The lowest BCUT2D eigenvalue weighted by Gasteiger charge is -2.33. The quantitative estimate of drug-likeness (QED) is 0.591. The van der Waals surface area contributed by atoms with E-state index in [9.17, 15) is 9.59 Å². The molecule has 7 nitrogen and oxygen atoms in total. The van der Waals surface area contributed by atoms with Gasteiger partial charge in [-0.25, -0.2) is 4.39 Å². The van der Waals surface area contributed by atoms with Crippen LogP contribution in [0.1, 0.15) is 73.0 Å². The number of rotatable bonds is 6. The molecule has 2 aromatic heterocycles. The minimum absolute atomic E-state index is 0.0651. The predicted octanol–water partition coefficient (Wildman–Crippen LogP) is 4.27. The van der Waals surface area contributed by atoms with Crippen molar-refractivity contribution in [2.24, 2.45) is 0 Å². The van der Waals surface area contributed by atoms with Crippen molar-refractivity contribution >= 4 is 22.7 Å². The highest BCUT2D eigenvalue weighted by atomic mass is 19.1. The van der Waals surface area contributed by atoms with Gasteiger partial charge < -0.3 is 14.8 Å². The van der Waals surface area contributed by atoms with Crippen LogP contribution in [0.3, 0.4) is 0 Å². The number of hydrogen-bond donors (Lipinski definition) is 1. The van der Waals surface area contributed by atoms with E-state index in [1.807, 2.05) is 29.3 Å². The highest BCUT2D eigenvalue weighted by Gasteiger charge is 2.30. The smallest absolute Gasteiger partial charge is 0.270 e. The summed E-state index contributed by atoms with van der Waals surface area (Å²) in [6.07, 6.45) is 6.63. The molecule has 3 aromatic rings. The summed E-state index contributed by atoms with van der Waals surface area (Å²) in [6.45, 7) is 7.45. The number of aromatic nitrogens is 3. The Kier molecular flexibility index (Phi) is 6.15. The number of benzene rings is 1. The third-order valence-electron chi connectivity index (χ3n) is 7.24. The molecule has 8 heteroatoms. The van der Waals surface area contributed by atoms with Gasteiger partial charge in [0.15, 0.2) is 5.82 Å². The standard InChI is InChI=1S/C26H32FN5O2/c1-17(2)19-14-20(24(27)25-21(19)15-22(29-25)26(34)30-10-5-11-30)18-6-3-9-31(16-18)23(33)7-13-32-12-4-8-28-32/h4,8,12,14-15,17-18,29H,3,5-7,9-11,13,16H2,1-2H3/t18-/m0/s1. The molecule has 0 spiro atoms. The summed E-state index contributed by atoms with van der Waals surface area (Å²) >= 11 is 0. The summed E-state index contributed by atoms with van der Waals surface area (Å²) in [7, 11) is 0. The molecule has 1 N–H and O–H groups in total. The fourth-order valence-electron chi connectivity index (χ4n) is 5.15. The van der Waals surface area contributed by atoms with E-state index in [1.54, 1.807) is 15.8 Å². The summed E-state index contributed by atoms with van der Waals surface area (Å²) in [4.78, 5) is 32.4. The van der Waals surface area contributed by atoms with Crippen molar-refractivity contribution in [3.63, 3.8) is 0 Å². The first kappa shape index (κ1) is 22.6. The van der Waals surface area contributed by atoms with Crippen molar-refractivity contribution in [2.45, 2.75) is 57.9 Å². The number of H-pyrrole nitrogens is 1. The maximum absolute atomic E-state index is 15.9. The Bertz CT molecular complexity index is 1200.